The maximum absolute atomic E-state index is 6.27. The second-order valence-electron chi connectivity index (χ2n) is 5.04. The fourth-order valence-corrected chi connectivity index (χ4v) is 2.73. The molecular weight excluding hydrogens is 258 g/mol. The molecule has 1 aliphatic heterocycles. The van der Waals surface area contributed by atoms with Gasteiger partial charge in [-0.3, -0.25) is 0 Å². The summed E-state index contributed by atoms with van der Waals surface area (Å²) in [5.74, 6) is 0.884. The molecule has 1 unspecified atom stereocenters. The largest absolute Gasteiger partial charge is 0.485 e. The molecule has 3 rings (SSSR count). The number of nitrogens with two attached hydrogens (primary N) is 1. The minimum Gasteiger partial charge on any atom is -0.485 e. The third-order valence-electron chi connectivity index (χ3n) is 3.52. The summed E-state index contributed by atoms with van der Waals surface area (Å²) < 4.78 is 6.06. The third-order valence-corrected chi connectivity index (χ3v) is 3.76. The van der Waals surface area contributed by atoms with Gasteiger partial charge in [-0.2, -0.15) is 0 Å². The van der Waals surface area contributed by atoms with Crippen LogP contribution in [0.2, 0.25) is 5.02 Å². The van der Waals surface area contributed by atoms with Gasteiger partial charge >= 0.3 is 0 Å². The highest BCUT2D eigenvalue weighted by molar-refractivity contribution is 6.30. The van der Waals surface area contributed by atoms with Gasteiger partial charge in [-0.05, 0) is 30.7 Å². The molecule has 2 nitrogen and oxygen atoms in total. The molecule has 98 valence electrons. The quantitative estimate of drug-likeness (QED) is 0.846. The molecule has 0 spiro atoms. The fraction of sp³-hybridized carbons (Fsp3) is 0.250. The molecule has 3 heteroatoms. The zero-order chi connectivity index (χ0) is 13.4. The summed E-state index contributed by atoms with van der Waals surface area (Å²) in [4.78, 5) is 0. The van der Waals surface area contributed by atoms with Crippen LogP contribution in [0.4, 0.5) is 0 Å². The maximum atomic E-state index is 6.27. The first kappa shape index (κ1) is 12.5. The Hall–Kier alpha value is -1.51. The normalized spacial score (nSPS) is 21.6. The summed E-state index contributed by atoms with van der Waals surface area (Å²) in [7, 11) is 0. The third kappa shape index (κ3) is 2.46. The minimum atomic E-state index is -0.0242. The van der Waals surface area contributed by atoms with Gasteiger partial charge in [-0.25, -0.2) is 0 Å². The molecule has 1 heterocycles. The van der Waals surface area contributed by atoms with Crippen molar-refractivity contribution in [1.82, 2.24) is 0 Å². The van der Waals surface area contributed by atoms with E-state index in [0.29, 0.717) is 0 Å². The first-order valence-electron chi connectivity index (χ1n) is 6.42. The lowest BCUT2D eigenvalue weighted by Crippen LogP contribution is -2.24. The van der Waals surface area contributed by atoms with Gasteiger partial charge < -0.3 is 10.5 Å². The SMILES string of the molecule is Cc1ccc2c(c1)[C@H](N)CC(c1cccc(Cl)c1)O2. The molecule has 0 saturated carbocycles. The van der Waals surface area contributed by atoms with Crippen molar-refractivity contribution >= 4 is 11.6 Å². The zero-order valence-corrected chi connectivity index (χ0v) is 11.5. The van der Waals surface area contributed by atoms with E-state index in [0.717, 1.165) is 28.3 Å². The van der Waals surface area contributed by atoms with Gasteiger partial charge in [-0.15, -0.1) is 0 Å². The first-order valence-corrected chi connectivity index (χ1v) is 6.79. The topological polar surface area (TPSA) is 35.2 Å². The van der Waals surface area contributed by atoms with Crippen LogP contribution < -0.4 is 10.5 Å². The lowest BCUT2D eigenvalue weighted by atomic mass is 9.93. The Bertz CT molecular complexity index is 611. The predicted molar refractivity (Wildman–Crippen MR) is 77.5 cm³/mol. The Morgan fingerprint density at radius 2 is 2.05 bits per heavy atom. The molecule has 0 amide bonds. The predicted octanol–water partition coefficient (Wildman–Crippen LogP) is 4.17. The number of hydrogen-bond acceptors (Lipinski definition) is 2. The lowest BCUT2D eigenvalue weighted by molar-refractivity contribution is 0.161. The second kappa shape index (κ2) is 4.87. The van der Waals surface area contributed by atoms with E-state index < -0.39 is 0 Å². The second-order valence-corrected chi connectivity index (χ2v) is 5.48. The van der Waals surface area contributed by atoms with Gasteiger partial charge in [0.25, 0.3) is 0 Å². The van der Waals surface area contributed by atoms with Crippen LogP contribution in [0, 0.1) is 6.92 Å². The highest BCUT2D eigenvalue weighted by Crippen LogP contribution is 2.40. The lowest BCUT2D eigenvalue weighted by Gasteiger charge is -2.31. The van der Waals surface area contributed by atoms with Crippen molar-refractivity contribution in [2.75, 3.05) is 0 Å². The van der Waals surface area contributed by atoms with Crippen LogP contribution in [-0.2, 0) is 0 Å². The summed E-state index contributed by atoms with van der Waals surface area (Å²) >= 11 is 6.03. The van der Waals surface area contributed by atoms with E-state index >= 15 is 0 Å². The van der Waals surface area contributed by atoms with E-state index in [1.54, 1.807) is 0 Å². The molecule has 0 radical (unpaired) electrons. The van der Waals surface area contributed by atoms with Crippen molar-refractivity contribution < 1.29 is 4.74 Å². The molecule has 2 aromatic rings. The number of rotatable bonds is 1. The van der Waals surface area contributed by atoms with Gasteiger partial charge in [-0.1, -0.05) is 41.4 Å². The van der Waals surface area contributed by atoms with Gasteiger partial charge in [0, 0.05) is 23.0 Å². The summed E-state index contributed by atoms with van der Waals surface area (Å²) in [6.45, 7) is 2.07. The van der Waals surface area contributed by atoms with Crippen LogP contribution in [0.3, 0.4) is 0 Å². The fourth-order valence-electron chi connectivity index (χ4n) is 2.53. The van der Waals surface area contributed by atoms with Crippen molar-refractivity contribution in [2.45, 2.75) is 25.5 Å². The van der Waals surface area contributed by atoms with Gasteiger partial charge in [0.1, 0.15) is 11.9 Å². The van der Waals surface area contributed by atoms with Gasteiger partial charge in [0.2, 0.25) is 0 Å². The first-order chi connectivity index (χ1) is 9.13. The average Bonchev–Trinajstić information content (AvgIpc) is 2.39. The molecule has 2 atom stereocenters. The Kier molecular flexibility index (Phi) is 3.21. The van der Waals surface area contributed by atoms with Crippen molar-refractivity contribution in [3.63, 3.8) is 0 Å². The Morgan fingerprint density at radius 3 is 2.84 bits per heavy atom. The number of fused-ring (bicyclic) bond motifs is 1. The zero-order valence-electron chi connectivity index (χ0n) is 10.8. The number of benzene rings is 2. The van der Waals surface area contributed by atoms with Crippen LogP contribution in [-0.4, -0.2) is 0 Å². The number of halogens is 1. The minimum absolute atomic E-state index is 0.00707. The molecule has 0 aromatic heterocycles. The van der Waals surface area contributed by atoms with E-state index in [-0.39, 0.29) is 12.1 Å². The van der Waals surface area contributed by atoms with Crippen LogP contribution in [0.5, 0.6) is 5.75 Å². The molecule has 0 aliphatic carbocycles. The average molecular weight is 274 g/mol. The number of ether oxygens (including phenoxy) is 1. The maximum Gasteiger partial charge on any atom is 0.126 e. The van der Waals surface area contributed by atoms with Crippen molar-refractivity contribution in [3.05, 3.63) is 64.2 Å². The van der Waals surface area contributed by atoms with Crippen LogP contribution in [0.15, 0.2) is 42.5 Å². The monoisotopic (exact) mass is 273 g/mol. The molecule has 2 aromatic carbocycles. The molecule has 0 fully saturated rings. The van der Waals surface area contributed by atoms with E-state index in [9.17, 15) is 0 Å². The van der Waals surface area contributed by atoms with E-state index in [2.05, 4.69) is 13.0 Å². The Morgan fingerprint density at radius 1 is 1.21 bits per heavy atom. The number of hydrogen-bond donors (Lipinski definition) is 1. The summed E-state index contributed by atoms with van der Waals surface area (Å²) in [5.41, 5.74) is 9.65. The van der Waals surface area contributed by atoms with Gasteiger partial charge in [0.15, 0.2) is 0 Å². The van der Waals surface area contributed by atoms with E-state index in [1.165, 1.54) is 5.56 Å². The van der Waals surface area contributed by atoms with Gasteiger partial charge in [0.05, 0.1) is 0 Å². The highest BCUT2D eigenvalue weighted by Gasteiger charge is 2.27. The van der Waals surface area contributed by atoms with Crippen LogP contribution in [0.25, 0.3) is 0 Å². The summed E-state index contributed by atoms with van der Waals surface area (Å²) in [6.07, 6.45) is 0.750. The standard InChI is InChI=1S/C16H16ClNO/c1-10-5-6-15-13(7-10)14(18)9-16(19-15)11-3-2-4-12(17)8-11/h2-8,14,16H,9,18H2,1H3/t14-,16?/m1/s1. The molecule has 0 bridgehead atoms. The van der Waals surface area contributed by atoms with E-state index in [4.69, 9.17) is 22.1 Å². The molecule has 0 saturated heterocycles. The smallest absolute Gasteiger partial charge is 0.126 e. The molecule has 2 N–H and O–H groups in total. The molecule has 19 heavy (non-hydrogen) atoms. The van der Waals surface area contributed by atoms with E-state index in [1.807, 2.05) is 36.4 Å². The summed E-state index contributed by atoms with van der Waals surface area (Å²) in [5, 5.41) is 0.726. The van der Waals surface area contributed by atoms with Crippen LogP contribution >= 0.6 is 11.6 Å². The number of aryl methyl sites for hydroxylation is 1. The molecule has 1 aliphatic rings. The summed E-state index contributed by atoms with van der Waals surface area (Å²) in [6, 6.07) is 13.9. The van der Waals surface area contributed by atoms with Crippen molar-refractivity contribution in [3.8, 4) is 5.75 Å². The van der Waals surface area contributed by atoms with Crippen LogP contribution in [0.1, 0.15) is 35.3 Å². The van der Waals surface area contributed by atoms with Crippen molar-refractivity contribution in [2.24, 2.45) is 5.73 Å². The highest BCUT2D eigenvalue weighted by atomic mass is 35.5. The Balaban J connectivity index is 1.95. The molecular formula is C16H16ClNO. The Labute approximate surface area is 118 Å². The van der Waals surface area contributed by atoms with Crippen molar-refractivity contribution in [1.29, 1.82) is 0 Å².